The number of nitrogens with zero attached hydrogens (tertiary/aromatic N) is 2. The third kappa shape index (κ3) is 6.44. The number of carbonyl (C=O) groups is 3. The Bertz CT molecular complexity index is 1920. The van der Waals surface area contributed by atoms with Gasteiger partial charge in [0.2, 0.25) is 0 Å². The fourth-order valence-corrected chi connectivity index (χ4v) is 6.62. The molecule has 0 spiro atoms. The zero-order valence-corrected chi connectivity index (χ0v) is 25.6. The molecule has 4 atom stereocenters. The first-order chi connectivity index (χ1) is 23.0. The molecule has 12 heteroatoms. The van der Waals surface area contributed by atoms with Crippen LogP contribution in [0, 0.1) is 0 Å². The van der Waals surface area contributed by atoms with E-state index in [1.165, 1.54) is 36.3 Å². The number of amides is 1. The highest BCUT2D eigenvalue weighted by Gasteiger charge is 2.42. The summed E-state index contributed by atoms with van der Waals surface area (Å²) in [4.78, 5) is 41.3. The number of aromatic amines is 1. The van der Waals surface area contributed by atoms with E-state index in [1.54, 1.807) is 18.2 Å². The first-order valence-electron chi connectivity index (χ1n) is 14.8. The van der Waals surface area contributed by atoms with Crippen LogP contribution in [0.2, 0.25) is 0 Å². The van der Waals surface area contributed by atoms with Crippen LogP contribution in [-0.2, 0) is 20.8 Å². The molecular formula is C35H28N4O7S. The van der Waals surface area contributed by atoms with Gasteiger partial charge in [0.15, 0.2) is 11.4 Å². The summed E-state index contributed by atoms with van der Waals surface area (Å²) in [5.74, 6) is -1.62. The van der Waals surface area contributed by atoms with Gasteiger partial charge in [-0.25, -0.2) is 14.6 Å². The van der Waals surface area contributed by atoms with E-state index in [1.807, 2.05) is 48.5 Å². The van der Waals surface area contributed by atoms with Gasteiger partial charge in [0.25, 0.3) is 5.91 Å². The highest BCUT2D eigenvalue weighted by Crippen LogP contribution is 2.48. The number of H-pyrrole nitrogens is 1. The number of anilines is 1. The van der Waals surface area contributed by atoms with Crippen molar-refractivity contribution in [1.29, 1.82) is 0 Å². The highest BCUT2D eigenvalue weighted by atomic mass is 32.2. The van der Waals surface area contributed by atoms with Crippen molar-refractivity contribution >= 4 is 35.3 Å². The SMILES string of the molecule is O=C(Nc1cccc(C2OC(CSc3ncn[nH]3)C(c3ccccc3)C(c3ccc(CO)cc3)O2)c1)c1ccc2c(c1)C(=O)OC2=O. The Labute approximate surface area is 273 Å². The molecule has 3 N–H and O–H groups in total. The summed E-state index contributed by atoms with van der Waals surface area (Å²) < 4.78 is 18.1. The Hall–Kier alpha value is -5.14. The van der Waals surface area contributed by atoms with Gasteiger partial charge < -0.3 is 24.6 Å². The second kappa shape index (κ2) is 13.3. The minimum atomic E-state index is -0.796. The summed E-state index contributed by atoms with van der Waals surface area (Å²) in [5, 5.41) is 20.1. The molecule has 4 unspecified atom stereocenters. The van der Waals surface area contributed by atoms with E-state index in [-0.39, 0.29) is 35.3 Å². The van der Waals surface area contributed by atoms with Crippen LogP contribution in [0.15, 0.2) is 109 Å². The third-order valence-electron chi connectivity index (χ3n) is 8.07. The van der Waals surface area contributed by atoms with Crippen molar-refractivity contribution in [1.82, 2.24) is 15.2 Å². The molecule has 3 heterocycles. The van der Waals surface area contributed by atoms with Gasteiger partial charge in [-0.05, 0) is 47.0 Å². The van der Waals surface area contributed by atoms with Crippen LogP contribution < -0.4 is 5.32 Å². The summed E-state index contributed by atoms with van der Waals surface area (Å²) >= 11 is 1.50. The van der Waals surface area contributed by atoms with E-state index in [0.717, 1.165) is 16.7 Å². The Balaban J connectivity index is 1.19. The molecule has 236 valence electrons. The van der Waals surface area contributed by atoms with Gasteiger partial charge in [0.05, 0.1) is 29.9 Å². The second-order valence-corrected chi connectivity index (χ2v) is 12.0. The molecule has 0 bridgehead atoms. The number of fused-ring (bicyclic) bond motifs is 1. The van der Waals surface area contributed by atoms with Crippen LogP contribution in [0.1, 0.15) is 71.6 Å². The lowest BCUT2D eigenvalue weighted by atomic mass is 9.84. The molecule has 1 saturated heterocycles. The largest absolute Gasteiger partial charge is 0.392 e. The van der Waals surface area contributed by atoms with Crippen LogP contribution in [-0.4, -0.2) is 50.0 Å². The molecule has 1 amide bonds. The number of cyclic esters (lactones) is 2. The summed E-state index contributed by atoms with van der Waals surface area (Å²) in [6.45, 7) is -0.0672. The maximum absolute atomic E-state index is 13.2. The van der Waals surface area contributed by atoms with Crippen LogP contribution in [0.25, 0.3) is 0 Å². The van der Waals surface area contributed by atoms with E-state index < -0.39 is 30.2 Å². The molecule has 0 aliphatic carbocycles. The number of rotatable bonds is 9. The number of benzene rings is 4. The van der Waals surface area contributed by atoms with E-state index in [0.29, 0.717) is 22.2 Å². The average Bonchev–Trinajstić information content (AvgIpc) is 3.74. The Kier molecular flexibility index (Phi) is 8.64. The average molecular weight is 649 g/mol. The summed E-state index contributed by atoms with van der Waals surface area (Å²) in [6.07, 6.45) is -0.0862. The number of carbonyl (C=O) groups excluding carboxylic acids is 3. The molecule has 2 aliphatic heterocycles. The highest BCUT2D eigenvalue weighted by molar-refractivity contribution is 7.99. The molecule has 0 saturated carbocycles. The van der Waals surface area contributed by atoms with Gasteiger partial charge in [-0.2, -0.15) is 5.10 Å². The van der Waals surface area contributed by atoms with Crippen molar-refractivity contribution in [3.63, 3.8) is 0 Å². The van der Waals surface area contributed by atoms with Crippen molar-refractivity contribution in [3.05, 3.63) is 142 Å². The smallest absolute Gasteiger partial charge is 0.346 e. The molecule has 11 nitrogen and oxygen atoms in total. The normalized spacial score (nSPS) is 20.4. The summed E-state index contributed by atoms with van der Waals surface area (Å²) in [7, 11) is 0. The van der Waals surface area contributed by atoms with Gasteiger partial charge in [0, 0.05) is 28.5 Å². The van der Waals surface area contributed by atoms with Crippen LogP contribution in [0.5, 0.6) is 0 Å². The van der Waals surface area contributed by atoms with E-state index in [2.05, 4.69) is 37.4 Å². The maximum atomic E-state index is 13.2. The van der Waals surface area contributed by atoms with E-state index >= 15 is 0 Å². The molecule has 1 fully saturated rings. The maximum Gasteiger partial charge on any atom is 0.346 e. The van der Waals surface area contributed by atoms with Gasteiger partial charge in [-0.15, -0.1) is 0 Å². The van der Waals surface area contributed by atoms with Crippen LogP contribution >= 0.6 is 11.8 Å². The summed E-state index contributed by atoms with van der Waals surface area (Å²) in [6, 6.07) is 29.2. The first-order valence-corrected chi connectivity index (χ1v) is 15.8. The number of aliphatic hydroxyl groups is 1. The number of esters is 2. The quantitative estimate of drug-likeness (QED) is 0.105. The van der Waals surface area contributed by atoms with Crippen molar-refractivity contribution in [2.24, 2.45) is 0 Å². The predicted octanol–water partition coefficient (Wildman–Crippen LogP) is 5.59. The van der Waals surface area contributed by atoms with E-state index in [4.69, 9.17) is 9.47 Å². The molecule has 1 aromatic heterocycles. The molecule has 0 radical (unpaired) electrons. The monoisotopic (exact) mass is 648 g/mol. The Morgan fingerprint density at radius 3 is 2.40 bits per heavy atom. The minimum absolute atomic E-state index is 0.0562. The predicted molar refractivity (Wildman–Crippen MR) is 171 cm³/mol. The molecular weight excluding hydrogens is 620 g/mol. The standard InChI is InChI=1S/C35H28N4O7S/c40-17-20-9-11-22(12-10-20)30-29(21-5-2-1-3-6-21)28(18-47-35-36-19-37-39-35)44-34(45-30)24-7-4-8-25(15-24)38-31(41)23-13-14-26-27(16-23)33(43)46-32(26)42/h1-16,19,28-30,34,40H,17-18H2,(H,38,41)(H,36,37,39). The van der Waals surface area contributed by atoms with Crippen LogP contribution in [0.4, 0.5) is 5.69 Å². The molecule has 4 aromatic carbocycles. The summed E-state index contributed by atoms with van der Waals surface area (Å²) in [5.41, 5.74) is 4.33. The number of hydrogen-bond donors (Lipinski definition) is 3. The van der Waals surface area contributed by atoms with Gasteiger partial charge >= 0.3 is 11.9 Å². The number of ether oxygens (including phenoxy) is 3. The minimum Gasteiger partial charge on any atom is -0.392 e. The zero-order chi connectivity index (χ0) is 32.3. The fourth-order valence-electron chi connectivity index (χ4n) is 5.77. The van der Waals surface area contributed by atoms with Crippen molar-refractivity contribution in [3.8, 4) is 0 Å². The van der Waals surface area contributed by atoms with E-state index in [9.17, 15) is 19.5 Å². The number of aromatic nitrogens is 3. The molecule has 2 aliphatic rings. The van der Waals surface area contributed by atoms with Crippen molar-refractivity contribution < 1.29 is 33.7 Å². The Morgan fingerprint density at radius 1 is 0.851 bits per heavy atom. The van der Waals surface area contributed by atoms with Crippen molar-refractivity contribution in [2.75, 3.05) is 11.1 Å². The van der Waals surface area contributed by atoms with Gasteiger partial charge in [-0.1, -0.05) is 78.5 Å². The molecule has 5 aromatic rings. The number of thioether (sulfide) groups is 1. The Morgan fingerprint density at radius 2 is 1.64 bits per heavy atom. The lowest BCUT2D eigenvalue weighted by Gasteiger charge is -2.43. The number of aliphatic hydroxyl groups excluding tert-OH is 1. The zero-order valence-electron chi connectivity index (χ0n) is 24.7. The van der Waals surface area contributed by atoms with Gasteiger partial charge in [-0.3, -0.25) is 9.89 Å². The molecule has 7 rings (SSSR count). The fraction of sp³-hybridized carbons (Fsp3) is 0.171. The van der Waals surface area contributed by atoms with Gasteiger partial charge in [0.1, 0.15) is 6.33 Å². The van der Waals surface area contributed by atoms with Crippen molar-refractivity contribution in [2.45, 2.75) is 36.2 Å². The topological polar surface area (TPSA) is 153 Å². The number of nitrogens with one attached hydrogen (secondary N) is 2. The first kappa shape index (κ1) is 30.5. The third-order valence-corrected chi connectivity index (χ3v) is 9.04. The lowest BCUT2D eigenvalue weighted by Crippen LogP contribution is -2.38. The molecule has 47 heavy (non-hydrogen) atoms. The lowest BCUT2D eigenvalue weighted by molar-refractivity contribution is -0.255. The second-order valence-electron chi connectivity index (χ2n) is 11.0. The van der Waals surface area contributed by atoms with Crippen LogP contribution in [0.3, 0.4) is 0 Å². The number of hydrogen-bond acceptors (Lipinski definition) is 10.